The quantitative estimate of drug-likeness (QED) is 0.882. The van der Waals surface area contributed by atoms with Crippen LogP contribution >= 0.6 is 0 Å². The zero-order chi connectivity index (χ0) is 15.1. The van der Waals surface area contributed by atoms with Gasteiger partial charge in [0, 0.05) is 19.0 Å². The first kappa shape index (κ1) is 14.0. The van der Waals surface area contributed by atoms with Gasteiger partial charge in [-0.2, -0.15) is 5.10 Å². The molecule has 2 atom stereocenters. The summed E-state index contributed by atoms with van der Waals surface area (Å²) in [7, 11) is 1.78. The zero-order valence-electron chi connectivity index (χ0n) is 12.3. The molecule has 1 aromatic rings. The Morgan fingerprint density at radius 1 is 1.29 bits per heavy atom. The average Bonchev–Trinajstić information content (AvgIpc) is 3.10. The van der Waals surface area contributed by atoms with Gasteiger partial charge in [0.05, 0.1) is 6.42 Å². The molecule has 1 saturated heterocycles. The van der Waals surface area contributed by atoms with Gasteiger partial charge in [-0.15, -0.1) is 0 Å². The Bertz CT molecular complexity index is 579. The number of hydrogen-bond acceptors (Lipinski definition) is 4. The Morgan fingerprint density at radius 2 is 2.00 bits per heavy atom. The third-order valence-electron chi connectivity index (χ3n) is 4.36. The molecule has 2 fully saturated rings. The first-order valence-electron chi connectivity index (χ1n) is 7.41. The molecule has 0 radical (unpaired) electrons. The van der Waals surface area contributed by atoms with Crippen molar-refractivity contribution in [2.75, 3.05) is 0 Å². The van der Waals surface area contributed by atoms with E-state index in [1.54, 1.807) is 11.7 Å². The van der Waals surface area contributed by atoms with E-state index in [2.05, 4.69) is 10.1 Å². The van der Waals surface area contributed by atoms with E-state index in [0.717, 1.165) is 25.1 Å². The molecule has 0 bridgehead atoms. The Labute approximate surface area is 123 Å². The van der Waals surface area contributed by atoms with Crippen LogP contribution in [-0.2, 0) is 23.1 Å². The lowest BCUT2D eigenvalue weighted by molar-refractivity contribution is -0.149. The Balaban J connectivity index is 1.74. The van der Waals surface area contributed by atoms with Crippen LogP contribution in [0.15, 0.2) is 0 Å². The molecule has 2 aliphatic rings. The molecule has 7 heteroatoms. The number of aliphatic carboxylic acids is 1. The highest BCUT2D eigenvalue weighted by Crippen LogP contribution is 2.38. The third-order valence-corrected chi connectivity index (χ3v) is 4.36. The van der Waals surface area contributed by atoms with Crippen molar-refractivity contribution in [2.45, 2.75) is 57.0 Å². The van der Waals surface area contributed by atoms with E-state index in [9.17, 15) is 14.7 Å². The van der Waals surface area contributed by atoms with Crippen LogP contribution in [0, 0.1) is 0 Å². The molecule has 114 valence electrons. The SMILES string of the molecule is C[C@@H]1CC[C@H](C(=O)O)N1C(=O)Cc1nc(C2CC2)nn1C. The van der Waals surface area contributed by atoms with Crippen molar-refractivity contribution in [3.05, 3.63) is 11.6 Å². The standard InChI is InChI=1S/C14H20N4O3/c1-8-3-6-10(14(20)21)18(8)12(19)7-11-15-13(9-4-5-9)16-17(11)2/h8-10H,3-7H2,1-2H3,(H,20,21)/t8-,10-/m1/s1. The minimum absolute atomic E-state index is 0.0327. The van der Waals surface area contributed by atoms with Crippen LogP contribution in [0.5, 0.6) is 0 Å². The molecule has 1 aromatic heterocycles. The largest absolute Gasteiger partial charge is 0.480 e. The van der Waals surface area contributed by atoms with Gasteiger partial charge in [0.2, 0.25) is 5.91 Å². The van der Waals surface area contributed by atoms with E-state index in [1.807, 2.05) is 6.92 Å². The van der Waals surface area contributed by atoms with Crippen LogP contribution in [0.2, 0.25) is 0 Å². The highest BCUT2D eigenvalue weighted by Gasteiger charge is 2.39. The maximum absolute atomic E-state index is 12.5. The second-order valence-corrected chi connectivity index (χ2v) is 6.04. The van der Waals surface area contributed by atoms with Gasteiger partial charge in [0.25, 0.3) is 0 Å². The summed E-state index contributed by atoms with van der Waals surface area (Å²) in [6.45, 7) is 1.90. The lowest BCUT2D eigenvalue weighted by Crippen LogP contribution is -2.44. The van der Waals surface area contributed by atoms with Gasteiger partial charge in [-0.3, -0.25) is 9.48 Å². The minimum Gasteiger partial charge on any atom is -0.480 e. The number of likely N-dealkylation sites (tertiary alicyclic amines) is 1. The number of carboxylic acids is 1. The number of hydrogen-bond donors (Lipinski definition) is 1. The van der Waals surface area contributed by atoms with E-state index in [0.29, 0.717) is 18.2 Å². The monoisotopic (exact) mass is 292 g/mol. The Kier molecular flexibility index (Phi) is 3.43. The van der Waals surface area contributed by atoms with Gasteiger partial charge in [0.1, 0.15) is 11.9 Å². The van der Waals surface area contributed by atoms with Gasteiger partial charge < -0.3 is 10.0 Å². The first-order valence-corrected chi connectivity index (χ1v) is 7.41. The van der Waals surface area contributed by atoms with Crippen molar-refractivity contribution in [3.63, 3.8) is 0 Å². The van der Waals surface area contributed by atoms with Gasteiger partial charge >= 0.3 is 5.97 Å². The molecule has 1 N–H and O–H groups in total. The number of nitrogens with zero attached hydrogens (tertiary/aromatic N) is 4. The molecule has 1 aliphatic carbocycles. The van der Waals surface area contributed by atoms with Crippen molar-refractivity contribution >= 4 is 11.9 Å². The number of aryl methyl sites for hydroxylation is 1. The number of aromatic nitrogens is 3. The summed E-state index contributed by atoms with van der Waals surface area (Å²) in [5.41, 5.74) is 0. The fourth-order valence-electron chi connectivity index (χ4n) is 2.98. The van der Waals surface area contributed by atoms with E-state index in [1.165, 1.54) is 4.90 Å². The molecule has 7 nitrogen and oxygen atoms in total. The summed E-state index contributed by atoms with van der Waals surface area (Å²) in [6.07, 6.45) is 3.59. The van der Waals surface area contributed by atoms with E-state index >= 15 is 0 Å². The van der Waals surface area contributed by atoms with Crippen LogP contribution in [0.4, 0.5) is 0 Å². The van der Waals surface area contributed by atoms with Crippen molar-refractivity contribution in [2.24, 2.45) is 7.05 Å². The van der Waals surface area contributed by atoms with Gasteiger partial charge in [0.15, 0.2) is 5.82 Å². The molecule has 1 saturated carbocycles. The molecule has 1 aliphatic heterocycles. The van der Waals surface area contributed by atoms with Crippen LogP contribution in [0.3, 0.4) is 0 Å². The molecule has 21 heavy (non-hydrogen) atoms. The lowest BCUT2D eigenvalue weighted by atomic mass is 10.2. The Morgan fingerprint density at radius 3 is 2.62 bits per heavy atom. The number of carbonyl (C=O) groups is 2. The smallest absolute Gasteiger partial charge is 0.326 e. The maximum Gasteiger partial charge on any atom is 0.326 e. The van der Waals surface area contributed by atoms with Crippen LogP contribution < -0.4 is 0 Å². The van der Waals surface area contributed by atoms with Crippen LogP contribution in [0.1, 0.15) is 50.2 Å². The minimum atomic E-state index is -0.927. The number of carboxylic acid groups (broad SMARTS) is 1. The number of rotatable bonds is 4. The summed E-state index contributed by atoms with van der Waals surface area (Å²) >= 11 is 0. The summed E-state index contributed by atoms with van der Waals surface area (Å²) in [5, 5.41) is 13.6. The molecule has 0 unspecified atom stereocenters. The molecule has 1 amide bonds. The highest BCUT2D eigenvalue weighted by molar-refractivity contribution is 5.85. The molecule has 2 heterocycles. The summed E-state index contributed by atoms with van der Waals surface area (Å²) in [4.78, 5) is 29.7. The van der Waals surface area contributed by atoms with Crippen molar-refractivity contribution < 1.29 is 14.7 Å². The van der Waals surface area contributed by atoms with Gasteiger partial charge in [-0.25, -0.2) is 9.78 Å². The first-order chi connectivity index (χ1) is 9.97. The van der Waals surface area contributed by atoms with Crippen molar-refractivity contribution in [1.82, 2.24) is 19.7 Å². The van der Waals surface area contributed by atoms with Gasteiger partial charge in [-0.05, 0) is 32.6 Å². The normalized spacial score (nSPS) is 25.3. The van der Waals surface area contributed by atoms with E-state index in [-0.39, 0.29) is 18.4 Å². The lowest BCUT2D eigenvalue weighted by Gasteiger charge is -2.25. The summed E-state index contributed by atoms with van der Waals surface area (Å²) in [5.74, 6) is 0.766. The van der Waals surface area contributed by atoms with Crippen molar-refractivity contribution in [1.29, 1.82) is 0 Å². The molecule has 0 spiro atoms. The van der Waals surface area contributed by atoms with Crippen LogP contribution in [0.25, 0.3) is 0 Å². The summed E-state index contributed by atoms with van der Waals surface area (Å²) < 4.78 is 1.64. The average molecular weight is 292 g/mol. The van der Waals surface area contributed by atoms with E-state index in [4.69, 9.17) is 0 Å². The highest BCUT2D eigenvalue weighted by atomic mass is 16.4. The predicted octanol–water partition coefficient (Wildman–Crippen LogP) is 0.699. The fraction of sp³-hybridized carbons (Fsp3) is 0.714. The fourth-order valence-corrected chi connectivity index (χ4v) is 2.98. The molecule has 3 rings (SSSR count). The van der Waals surface area contributed by atoms with Crippen LogP contribution in [-0.4, -0.2) is 48.7 Å². The summed E-state index contributed by atoms with van der Waals surface area (Å²) in [6, 6.07) is -0.738. The van der Waals surface area contributed by atoms with Crippen molar-refractivity contribution in [3.8, 4) is 0 Å². The second kappa shape index (κ2) is 5.13. The topological polar surface area (TPSA) is 88.3 Å². The molecular formula is C14H20N4O3. The molecule has 0 aromatic carbocycles. The zero-order valence-corrected chi connectivity index (χ0v) is 12.3. The second-order valence-electron chi connectivity index (χ2n) is 6.04. The number of carbonyl (C=O) groups excluding carboxylic acids is 1. The number of amides is 1. The Hall–Kier alpha value is -1.92. The maximum atomic E-state index is 12.5. The molecular weight excluding hydrogens is 272 g/mol. The predicted molar refractivity (Wildman–Crippen MR) is 73.6 cm³/mol. The van der Waals surface area contributed by atoms with E-state index < -0.39 is 12.0 Å². The third kappa shape index (κ3) is 2.64. The van der Waals surface area contributed by atoms with Gasteiger partial charge in [-0.1, -0.05) is 0 Å².